The first-order chi connectivity index (χ1) is 14.7. The normalized spacial score (nSPS) is 14.8. The first-order valence-corrected chi connectivity index (χ1v) is 11.1. The van der Waals surface area contributed by atoms with Gasteiger partial charge in [-0.05, 0) is 36.8 Å². The molecule has 0 unspecified atom stereocenters. The van der Waals surface area contributed by atoms with Crippen LogP contribution in [0.2, 0.25) is 10.0 Å². The van der Waals surface area contributed by atoms with Gasteiger partial charge in [-0.15, -0.1) is 0 Å². The molecule has 3 amide bonds. The highest BCUT2D eigenvalue weighted by Gasteiger charge is 2.32. The van der Waals surface area contributed by atoms with Crippen LogP contribution < -0.4 is 10.9 Å². The molecule has 0 atom stereocenters. The molecular weight excluding hydrogens is 477 g/mol. The summed E-state index contributed by atoms with van der Waals surface area (Å²) in [5.74, 6) is -1.31. The third kappa shape index (κ3) is 6.07. The zero-order valence-corrected chi connectivity index (χ0v) is 19.4. The molecule has 1 fully saturated rings. The molecule has 1 aliphatic rings. The van der Waals surface area contributed by atoms with Crippen LogP contribution in [-0.2, 0) is 9.59 Å². The summed E-state index contributed by atoms with van der Waals surface area (Å²) in [6, 6.07) is 12.2. The molecule has 0 aliphatic carbocycles. The van der Waals surface area contributed by atoms with Crippen LogP contribution in [0.3, 0.4) is 0 Å². The van der Waals surface area contributed by atoms with Crippen LogP contribution in [-0.4, -0.2) is 33.5 Å². The minimum Gasteiger partial charge on any atom is -0.292 e. The van der Waals surface area contributed by atoms with E-state index in [1.54, 1.807) is 6.08 Å². The number of nitrogens with zero attached hydrogens (tertiary/aromatic N) is 1. The maximum Gasteiger partial charge on any atom is 0.271 e. The van der Waals surface area contributed by atoms with Crippen molar-refractivity contribution in [3.05, 3.63) is 74.1 Å². The number of aryl methyl sites for hydroxylation is 1. The molecule has 31 heavy (non-hydrogen) atoms. The number of hydrogen-bond donors (Lipinski definition) is 2. The number of carbonyl (C=O) groups excluding carboxylic acids is 3. The number of thiocarbonyl (C=S) groups is 1. The Morgan fingerprint density at radius 3 is 2.52 bits per heavy atom. The summed E-state index contributed by atoms with van der Waals surface area (Å²) in [5.41, 5.74) is 6.78. The van der Waals surface area contributed by atoms with Gasteiger partial charge in [0.25, 0.3) is 11.8 Å². The topological polar surface area (TPSA) is 78.5 Å². The van der Waals surface area contributed by atoms with Crippen molar-refractivity contribution in [1.82, 2.24) is 15.8 Å². The number of hydrogen-bond acceptors (Lipinski definition) is 5. The molecule has 6 nitrogen and oxygen atoms in total. The summed E-state index contributed by atoms with van der Waals surface area (Å²) in [7, 11) is 0. The minimum atomic E-state index is -0.582. The number of rotatable bonds is 5. The Morgan fingerprint density at radius 2 is 1.84 bits per heavy atom. The highest BCUT2D eigenvalue weighted by Crippen LogP contribution is 2.32. The van der Waals surface area contributed by atoms with Gasteiger partial charge >= 0.3 is 0 Å². The summed E-state index contributed by atoms with van der Waals surface area (Å²) >= 11 is 18.2. The molecular formula is C21H17Cl2N3O3S2. The third-order valence-corrected chi connectivity index (χ3v) is 6.23. The Labute approximate surface area is 198 Å². The monoisotopic (exact) mass is 493 g/mol. The summed E-state index contributed by atoms with van der Waals surface area (Å²) in [5, 5.41) is 0.558. The summed E-state index contributed by atoms with van der Waals surface area (Å²) in [4.78, 5) is 38.8. The number of amides is 3. The molecule has 2 aromatic rings. The Bertz CT molecular complexity index is 1090. The average Bonchev–Trinajstić information content (AvgIpc) is 2.99. The van der Waals surface area contributed by atoms with E-state index in [0.29, 0.717) is 14.2 Å². The predicted molar refractivity (Wildman–Crippen MR) is 128 cm³/mol. The smallest absolute Gasteiger partial charge is 0.271 e. The van der Waals surface area contributed by atoms with Crippen molar-refractivity contribution < 1.29 is 14.4 Å². The molecule has 0 bridgehead atoms. The van der Waals surface area contributed by atoms with Crippen molar-refractivity contribution in [2.24, 2.45) is 0 Å². The number of hydrazine groups is 1. The second-order valence-corrected chi connectivity index (χ2v) is 9.14. The van der Waals surface area contributed by atoms with E-state index in [0.717, 1.165) is 11.1 Å². The second-order valence-electron chi connectivity index (χ2n) is 6.62. The van der Waals surface area contributed by atoms with Crippen LogP contribution in [0.5, 0.6) is 0 Å². The standard InChI is InChI=1S/C21H17Cl2N3O3S2/c1-12-2-4-13(5-3-12)10-17-20(29)26(21(30)31-17)9-8-18(27)24-25-19(28)15-7-6-14(22)11-16(15)23/h2-7,10-11H,8-9H2,1H3,(H,24,27)(H,25,28). The molecule has 1 aliphatic heterocycles. The number of thioether (sulfide) groups is 1. The van der Waals surface area contributed by atoms with Crippen LogP contribution in [0.1, 0.15) is 27.9 Å². The summed E-state index contributed by atoms with van der Waals surface area (Å²) in [6.07, 6.45) is 1.73. The number of nitrogens with one attached hydrogen (secondary N) is 2. The first-order valence-electron chi connectivity index (χ1n) is 9.11. The molecule has 10 heteroatoms. The molecule has 3 rings (SSSR count). The summed E-state index contributed by atoms with van der Waals surface area (Å²) in [6.45, 7) is 2.08. The van der Waals surface area contributed by atoms with Crippen molar-refractivity contribution >= 4 is 75.3 Å². The van der Waals surface area contributed by atoms with Crippen LogP contribution >= 0.6 is 47.2 Å². The van der Waals surface area contributed by atoms with Crippen molar-refractivity contribution in [1.29, 1.82) is 0 Å². The lowest BCUT2D eigenvalue weighted by Crippen LogP contribution is -2.43. The quantitative estimate of drug-likeness (QED) is 0.367. The average molecular weight is 494 g/mol. The van der Waals surface area contributed by atoms with E-state index < -0.39 is 11.8 Å². The molecule has 0 aromatic heterocycles. The molecule has 160 valence electrons. The van der Waals surface area contributed by atoms with Gasteiger partial charge in [-0.1, -0.05) is 77.0 Å². The maximum absolute atomic E-state index is 12.6. The number of halogens is 2. The fourth-order valence-corrected chi connectivity index (χ4v) is 4.45. The third-order valence-electron chi connectivity index (χ3n) is 4.30. The minimum absolute atomic E-state index is 0.0428. The Hall–Kier alpha value is -2.39. The van der Waals surface area contributed by atoms with Gasteiger partial charge in [-0.3, -0.25) is 30.1 Å². The number of carbonyl (C=O) groups is 3. The molecule has 2 aromatic carbocycles. The van der Waals surface area contributed by atoms with E-state index in [1.807, 2.05) is 31.2 Å². The van der Waals surface area contributed by atoms with Crippen LogP contribution in [0, 0.1) is 6.92 Å². The van der Waals surface area contributed by atoms with Gasteiger partial charge in [0.1, 0.15) is 4.32 Å². The van der Waals surface area contributed by atoms with Gasteiger partial charge in [0.05, 0.1) is 15.5 Å². The van der Waals surface area contributed by atoms with E-state index in [1.165, 1.54) is 34.9 Å². The van der Waals surface area contributed by atoms with Crippen molar-refractivity contribution in [3.63, 3.8) is 0 Å². The number of benzene rings is 2. The fourth-order valence-electron chi connectivity index (χ4n) is 2.65. The van der Waals surface area contributed by atoms with E-state index in [9.17, 15) is 14.4 Å². The van der Waals surface area contributed by atoms with Crippen LogP contribution in [0.15, 0.2) is 47.4 Å². The van der Waals surface area contributed by atoms with Crippen molar-refractivity contribution in [2.45, 2.75) is 13.3 Å². The Morgan fingerprint density at radius 1 is 1.13 bits per heavy atom. The van der Waals surface area contributed by atoms with E-state index in [4.69, 9.17) is 35.4 Å². The first kappa shape index (κ1) is 23.3. The van der Waals surface area contributed by atoms with Crippen LogP contribution in [0.25, 0.3) is 6.08 Å². The molecule has 1 saturated heterocycles. The predicted octanol–water partition coefficient (Wildman–Crippen LogP) is 4.35. The molecule has 0 saturated carbocycles. The lowest BCUT2D eigenvalue weighted by Gasteiger charge is -2.14. The van der Waals surface area contributed by atoms with Gasteiger partial charge < -0.3 is 0 Å². The second kappa shape index (κ2) is 10.3. The molecule has 0 radical (unpaired) electrons. The largest absolute Gasteiger partial charge is 0.292 e. The van der Waals surface area contributed by atoms with Crippen molar-refractivity contribution in [3.8, 4) is 0 Å². The van der Waals surface area contributed by atoms with Gasteiger partial charge in [-0.2, -0.15) is 0 Å². The maximum atomic E-state index is 12.6. The highest BCUT2D eigenvalue weighted by molar-refractivity contribution is 8.26. The Kier molecular flexibility index (Phi) is 7.72. The van der Waals surface area contributed by atoms with Gasteiger partial charge in [0, 0.05) is 18.0 Å². The van der Waals surface area contributed by atoms with Gasteiger partial charge in [0.15, 0.2) is 0 Å². The SMILES string of the molecule is Cc1ccc(C=C2SC(=S)N(CCC(=O)NNC(=O)c3ccc(Cl)cc3Cl)C2=O)cc1. The van der Waals surface area contributed by atoms with Crippen LogP contribution in [0.4, 0.5) is 0 Å². The zero-order valence-electron chi connectivity index (χ0n) is 16.3. The van der Waals surface area contributed by atoms with E-state index >= 15 is 0 Å². The van der Waals surface area contributed by atoms with E-state index in [-0.39, 0.29) is 29.5 Å². The van der Waals surface area contributed by atoms with Gasteiger partial charge in [-0.25, -0.2) is 0 Å². The van der Waals surface area contributed by atoms with E-state index in [2.05, 4.69) is 10.9 Å². The molecule has 0 spiro atoms. The highest BCUT2D eigenvalue weighted by atomic mass is 35.5. The lowest BCUT2D eigenvalue weighted by atomic mass is 10.1. The van der Waals surface area contributed by atoms with Gasteiger partial charge in [0.2, 0.25) is 5.91 Å². The Balaban J connectivity index is 1.52. The molecule has 2 N–H and O–H groups in total. The molecule has 1 heterocycles. The van der Waals surface area contributed by atoms with Crippen molar-refractivity contribution in [2.75, 3.05) is 6.54 Å². The lowest BCUT2D eigenvalue weighted by molar-refractivity contribution is -0.124. The zero-order chi connectivity index (χ0) is 22.5. The fraction of sp³-hybridized carbons (Fsp3) is 0.143. The summed E-state index contributed by atoms with van der Waals surface area (Å²) < 4.78 is 0.383.